The predicted molar refractivity (Wildman–Crippen MR) is 126 cm³/mol. The van der Waals surface area contributed by atoms with Gasteiger partial charge >= 0.3 is 6.01 Å². The molecule has 0 radical (unpaired) electrons. The second kappa shape index (κ2) is 9.92. The molecule has 6 heteroatoms. The van der Waals surface area contributed by atoms with Crippen molar-refractivity contribution in [1.82, 2.24) is 9.97 Å². The monoisotopic (exact) mass is 427 g/mol. The Balaban J connectivity index is 1.58. The smallest absolute Gasteiger partial charge is 0.322 e. The minimum absolute atomic E-state index is 0.363. The molecule has 1 saturated heterocycles. The van der Waals surface area contributed by atoms with E-state index in [1.807, 2.05) is 42.7 Å². The van der Waals surface area contributed by atoms with Crippen LogP contribution in [0.4, 0.5) is 5.69 Å². The van der Waals surface area contributed by atoms with Crippen LogP contribution in [0.15, 0.2) is 42.7 Å². The van der Waals surface area contributed by atoms with Gasteiger partial charge in [-0.05, 0) is 41.6 Å². The number of para-hydroxylation sites is 1. The van der Waals surface area contributed by atoms with Crippen LogP contribution < -0.4 is 9.64 Å². The summed E-state index contributed by atoms with van der Waals surface area (Å²) in [6.45, 7) is 16.1. The van der Waals surface area contributed by atoms with Gasteiger partial charge < -0.3 is 14.1 Å². The van der Waals surface area contributed by atoms with Crippen LogP contribution in [0.1, 0.15) is 54.4 Å². The Morgan fingerprint density at radius 1 is 0.867 bits per heavy atom. The van der Waals surface area contributed by atoms with Crippen molar-refractivity contribution in [3.63, 3.8) is 0 Å². The molecule has 0 amide bonds. The summed E-state index contributed by atoms with van der Waals surface area (Å²) in [4.78, 5) is 11.2. The quantitative estimate of drug-likeness (QED) is 0.454. The third-order valence-electron chi connectivity index (χ3n) is 6.45. The molecule has 5 nitrogen and oxygen atoms in total. The van der Waals surface area contributed by atoms with Crippen molar-refractivity contribution in [3.05, 3.63) is 42.7 Å². The Labute approximate surface area is 183 Å². The minimum atomic E-state index is -1.82. The molecule has 1 aliphatic heterocycles. The van der Waals surface area contributed by atoms with Gasteiger partial charge in [-0.3, -0.25) is 0 Å². The highest BCUT2D eigenvalue weighted by molar-refractivity contribution is 6.77. The number of rotatable bonds is 8. The summed E-state index contributed by atoms with van der Waals surface area (Å²) >= 11 is 0. The molecule has 0 bridgehead atoms. The average Bonchev–Trinajstić information content (AvgIpc) is 2.73. The van der Waals surface area contributed by atoms with E-state index < -0.39 is 8.32 Å². The van der Waals surface area contributed by atoms with Gasteiger partial charge in [0.15, 0.2) is 0 Å². The van der Waals surface area contributed by atoms with Gasteiger partial charge in [0, 0.05) is 19.2 Å². The number of nitrogens with zero attached hydrogens (tertiary/aromatic N) is 3. The molecule has 1 aromatic heterocycles. The number of anilines is 1. The number of ether oxygens (including phenoxy) is 1. The van der Waals surface area contributed by atoms with Crippen molar-refractivity contribution in [1.29, 1.82) is 0 Å². The second-order valence-electron chi connectivity index (χ2n) is 9.26. The van der Waals surface area contributed by atoms with Crippen LogP contribution >= 0.6 is 0 Å². The SMILES string of the molecule is CC(C)[Si](OC1CCN(c2cnc(Oc3ccccc3)nc2)CC1)(C(C)C)C(C)C. The number of hydrogen-bond donors (Lipinski definition) is 0. The first kappa shape index (κ1) is 22.8. The molecular weight excluding hydrogens is 390 g/mol. The van der Waals surface area contributed by atoms with Gasteiger partial charge in [0.1, 0.15) is 5.75 Å². The Hall–Kier alpha value is -1.92. The molecule has 0 spiro atoms. The molecule has 0 aliphatic carbocycles. The van der Waals surface area contributed by atoms with E-state index in [2.05, 4.69) is 56.4 Å². The fraction of sp³-hybridized carbons (Fsp3) is 0.583. The lowest BCUT2D eigenvalue weighted by Gasteiger charge is -2.46. The van der Waals surface area contributed by atoms with Crippen LogP contribution in [0.2, 0.25) is 16.6 Å². The predicted octanol–water partition coefficient (Wildman–Crippen LogP) is 6.43. The van der Waals surface area contributed by atoms with Crippen molar-refractivity contribution in [2.24, 2.45) is 0 Å². The highest BCUT2D eigenvalue weighted by Gasteiger charge is 2.46. The van der Waals surface area contributed by atoms with Gasteiger partial charge in [0.25, 0.3) is 0 Å². The van der Waals surface area contributed by atoms with E-state index in [9.17, 15) is 0 Å². The summed E-state index contributed by atoms with van der Waals surface area (Å²) in [6, 6.07) is 10.0. The second-order valence-corrected chi connectivity index (χ2v) is 14.7. The number of benzene rings is 1. The lowest BCUT2D eigenvalue weighted by molar-refractivity contribution is 0.146. The molecule has 1 fully saturated rings. The maximum Gasteiger partial charge on any atom is 0.322 e. The molecule has 3 rings (SSSR count). The van der Waals surface area contributed by atoms with Crippen LogP contribution in [0.3, 0.4) is 0 Å². The first-order valence-electron chi connectivity index (χ1n) is 11.3. The molecule has 164 valence electrons. The average molecular weight is 428 g/mol. The number of hydrogen-bond acceptors (Lipinski definition) is 5. The van der Waals surface area contributed by atoms with Gasteiger partial charge in [0.2, 0.25) is 8.32 Å². The Kier molecular flexibility index (Phi) is 7.53. The molecule has 0 atom stereocenters. The molecule has 0 unspecified atom stereocenters. The lowest BCUT2D eigenvalue weighted by Crippen LogP contribution is -2.52. The third kappa shape index (κ3) is 5.03. The van der Waals surface area contributed by atoms with E-state index in [0.29, 0.717) is 28.7 Å². The first-order valence-corrected chi connectivity index (χ1v) is 13.4. The highest BCUT2D eigenvalue weighted by atomic mass is 28.4. The normalized spacial score (nSPS) is 16.0. The van der Waals surface area contributed by atoms with Crippen LogP contribution in [-0.2, 0) is 4.43 Å². The van der Waals surface area contributed by atoms with E-state index in [0.717, 1.165) is 37.4 Å². The summed E-state index contributed by atoms with van der Waals surface area (Å²) < 4.78 is 12.7. The van der Waals surface area contributed by atoms with Crippen LogP contribution in [0.25, 0.3) is 0 Å². The third-order valence-corrected chi connectivity index (χ3v) is 12.6. The zero-order valence-corrected chi connectivity index (χ0v) is 20.3. The number of aromatic nitrogens is 2. The van der Waals surface area contributed by atoms with Gasteiger partial charge in [0.05, 0.1) is 18.1 Å². The summed E-state index contributed by atoms with van der Waals surface area (Å²) in [5.74, 6) is 0.747. The van der Waals surface area contributed by atoms with E-state index >= 15 is 0 Å². The zero-order valence-electron chi connectivity index (χ0n) is 19.3. The van der Waals surface area contributed by atoms with Crippen LogP contribution in [0.5, 0.6) is 11.8 Å². The van der Waals surface area contributed by atoms with Crippen molar-refractivity contribution in [2.75, 3.05) is 18.0 Å². The summed E-state index contributed by atoms with van der Waals surface area (Å²) in [5.41, 5.74) is 2.93. The Bertz CT molecular complexity index is 751. The molecule has 2 aromatic rings. The Morgan fingerprint density at radius 3 is 1.90 bits per heavy atom. The summed E-state index contributed by atoms with van der Waals surface area (Å²) in [5, 5.41) is 0. The zero-order chi connectivity index (χ0) is 21.7. The maximum atomic E-state index is 6.99. The van der Waals surface area contributed by atoms with Crippen molar-refractivity contribution in [3.8, 4) is 11.8 Å². The molecular formula is C24H37N3O2Si. The van der Waals surface area contributed by atoms with Gasteiger partial charge in [-0.1, -0.05) is 59.7 Å². The summed E-state index contributed by atoms with van der Waals surface area (Å²) in [6.07, 6.45) is 6.21. The van der Waals surface area contributed by atoms with Crippen LogP contribution in [-0.4, -0.2) is 37.5 Å². The molecule has 0 saturated carbocycles. The first-order chi connectivity index (χ1) is 14.3. The van der Waals surface area contributed by atoms with Crippen molar-refractivity contribution >= 4 is 14.0 Å². The Morgan fingerprint density at radius 2 is 1.40 bits per heavy atom. The van der Waals surface area contributed by atoms with Gasteiger partial charge in [-0.2, -0.15) is 0 Å². The van der Waals surface area contributed by atoms with Crippen LogP contribution in [0, 0.1) is 0 Å². The fourth-order valence-corrected chi connectivity index (χ4v) is 10.7. The summed E-state index contributed by atoms with van der Waals surface area (Å²) in [7, 11) is -1.82. The van der Waals surface area contributed by atoms with E-state index in [-0.39, 0.29) is 0 Å². The highest BCUT2D eigenvalue weighted by Crippen LogP contribution is 2.44. The van der Waals surface area contributed by atoms with Gasteiger partial charge in [-0.15, -0.1) is 0 Å². The van der Waals surface area contributed by atoms with E-state index in [1.165, 1.54) is 0 Å². The fourth-order valence-electron chi connectivity index (χ4n) is 5.05. The maximum absolute atomic E-state index is 6.99. The largest absolute Gasteiger partial charge is 0.424 e. The standard InChI is InChI=1S/C24H37N3O2Si/c1-18(2)30(19(3)4,20(5)6)29-23-12-14-27(15-13-23)21-16-25-24(26-17-21)28-22-10-8-7-9-11-22/h7-11,16-20,23H,12-15H2,1-6H3. The topological polar surface area (TPSA) is 47.5 Å². The minimum Gasteiger partial charge on any atom is -0.424 e. The van der Waals surface area contributed by atoms with Gasteiger partial charge in [-0.25, -0.2) is 9.97 Å². The molecule has 0 N–H and O–H groups in total. The van der Waals surface area contributed by atoms with Crippen molar-refractivity contribution in [2.45, 2.75) is 77.1 Å². The number of piperidine rings is 1. The van der Waals surface area contributed by atoms with E-state index in [1.54, 1.807) is 0 Å². The lowest BCUT2D eigenvalue weighted by atomic mass is 10.1. The molecule has 1 aromatic carbocycles. The molecule has 2 heterocycles. The van der Waals surface area contributed by atoms with E-state index in [4.69, 9.17) is 9.16 Å². The van der Waals surface area contributed by atoms with Crippen molar-refractivity contribution < 1.29 is 9.16 Å². The molecule has 1 aliphatic rings. The molecule has 30 heavy (non-hydrogen) atoms.